The molecule has 2 heterocycles. The maximum absolute atomic E-state index is 12.4. The van der Waals surface area contributed by atoms with Crippen molar-refractivity contribution in [3.05, 3.63) is 46.0 Å². The van der Waals surface area contributed by atoms with Gasteiger partial charge in [-0.25, -0.2) is 8.77 Å². The Hall–Kier alpha value is -1.38. The van der Waals surface area contributed by atoms with E-state index in [1.807, 2.05) is 0 Å². The molecule has 0 radical (unpaired) electrons. The van der Waals surface area contributed by atoms with Gasteiger partial charge >= 0.3 is 5.97 Å². The van der Waals surface area contributed by atoms with Crippen molar-refractivity contribution in [2.45, 2.75) is 30.6 Å². The molecule has 0 unspecified atom stereocenters. The monoisotopic (exact) mass is 417 g/mol. The van der Waals surface area contributed by atoms with Gasteiger partial charge in [0.15, 0.2) is 0 Å². The number of thiophene rings is 1. The van der Waals surface area contributed by atoms with Gasteiger partial charge in [0.25, 0.3) is 10.0 Å². The standard InChI is InChI=1S/C15H16BrNO4S2/c1-15(2,3)21-13(18)6-4-11-8-9-17(10-11)23(19,20)14-7-5-12(16)22-14/h4-10H,1-3H3/b6-4+. The molecule has 0 atom stereocenters. The van der Waals surface area contributed by atoms with Gasteiger partial charge in [0.1, 0.15) is 9.81 Å². The zero-order valence-corrected chi connectivity index (χ0v) is 16.0. The lowest BCUT2D eigenvalue weighted by Gasteiger charge is -2.17. The van der Waals surface area contributed by atoms with E-state index in [0.29, 0.717) is 5.56 Å². The number of carbonyl (C=O) groups excluding carboxylic acids is 1. The second kappa shape index (κ2) is 6.62. The van der Waals surface area contributed by atoms with Gasteiger partial charge in [-0.05, 0) is 66.5 Å². The highest BCUT2D eigenvalue weighted by Gasteiger charge is 2.19. The highest BCUT2D eigenvalue weighted by Crippen LogP contribution is 2.28. The minimum absolute atomic E-state index is 0.239. The Labute approximate surface area is 147 Å². The van der Waals surface area contributed by atoms with Crippen LogP contribution >= 0.6 is 27.3 Å². The fourth-order valence-corrected chi connectivity index (χ4v) is 5.00. The van der Waals surface area contributed by atoms with E-state index in [-0.39, 0.29) is 4.21 Å². The highest BCUT2D eigenvalue weighted by molar-refractivity contribution is 9.11. The van der Waals surface area contributed by atoms with Crippen molar-refractivity contribution in [3.8, 4) is 0 Å². The second-order valence-corrected chi connectivity index (χ2v) is 10.2. The zero-order valence-electron chi connectivity index (χ0n) is 12.8. The van der Waals surface area contributed by atoms with Gasteiger partial charge in [0, 0.05) is 18.5 Å². The van der Waals surface area contributed by atoms with Crippen molar-refractivity contribution in [2.75, 3.05) is 0 Å². The number of esters is 1. The van der Waals surface area contributed by atoms with Crippen LogP contribution in [0, 0.1) is 0 Å². The summed E-state index contributed by atoms with van der Waals surface area (Å²) in [6.07, 6.45) is 5.69. The van der Waals surface area contributed by atoms with Crippen LogP contribution in [0.15, 0.2) is 44.7 Å². The lowest BCUT2D eigenvalue weighted by Crippen LogP contribution is -2.22. The molecule has 0 aliphatic heterocycles. The number of carbonyl (C=O) groups is 1. The third-order valence-corrected chi connectivity index (χ3v) is 6.32. The minimum Gasteiger partial charge on any atom is -0.457 e. The van der Waals surface area contributed by atoms with Crippen molar-refractivity contribution in [1.82, 2.24) is 3.97 Å². The van der Waals surface area contributed by atoms with Crippen LogP contribution in [0.25, 0.3) is 6.08 Å². The van der Waals surface area contributed by atoms with Crippen LogP contribution in [0.1, 0.15) is 26.3 Å². The molecule has 0 saturated carbocycles. The van der Waals surface area contributed by atoms with Gasteiger partial charge < -0.3 is 4.74 Å². The van der Waals surface area contributed by atoms with Crippen LogP contribution < -0.4 is 0 Å². The largest absolute Gasteiger partial charge is 0.457 e. The summed E-state index contributed by atoms with van der Waals surface area (Å²) in [6, 6.07) is 4.84. The Morgan fingerprint density at radius 1 is 1.30 bits per heavy atom. The zero-order chi connectivity index (χ0) is 17.3. The lowest BCUT2D eigenvalue weighted by atomic mass is 10.2. The van der Waals surface area contributed by atoms with Crippen molar-refractivity contribution >= 4 is 49.3 Å². The summed E-state index contributed by atoms with van der Waals surface area (Å²) in [5.41, 5.74) is 0.0264. The maximum Gasteiger partial charge on any atom is 0.331 e. The smallest absolute Gasteiger partial charge is 0.331 e. The molecule has 0 saturated heterocycles. The molecular weight excluding hydrogens is 402 g/mol. The summed E-state index contributed by atoms with van der Waals surface area (Å²) in [5, 5.41) is 0. The minimum atomic E-state index is -3.61. The van der Waals surface area contributed by atoms with Crippen LogP contribution in [0.4, 0.5) is 0 Å². The second-order valence-electron chi connectivity index (χ2n) is 5.71. The third-order valence-electron chi connectivity index (χ3n) is 2.59. The van der Waals surface area contributed by atoms with Crippen LogP contribution in [-0.2, 0) is 19.6 Å². The van der Waals surface area contributed by atoms with Crippen LogP contribution in [0.3, 0.4) is 0 Å². The van der Waals surface area contributed by atoms with Gasteiger partial charge in [-0.2, -0.15) is 8.42 Å². The molecule has 2 rings (SSSR count). The SMILES string of the molecule is CC(C)(C)OC(=O)/C=C/c1ccn(S(=O)(=O)c2ccc(Br)s2)c1. The molecule has 0 spiro atoms. The fourth-order valence-electron chi connectivity index (χ4n) is 1.68. The third kappa shape index (κ3) is 4.79. The number of aromatic nitrogens is 1. The van der Waals surface area contributed by atoms with Gasteiger partial charge in [-0.15, -0.1) is 11.3 Å². The van der Waals surface area contributed by atoms with Crippen LogP contribution in [-0.4, -0.2) is 24.0 Å². The van der Waals surface area contributed by atoms with Crippen molar-refractivity contribution in [3.63, 3.8) is 0 Å². The van der Waals surface area contributed by atoms with E-state index < -0.39 is 21.6 Å². The quantitative estimate of drug-likeness (QED) is 0.558. The number of rotatable bonds is 4. The van der Waals surface area contributed by atoms with E-state index in [0.717, 1.165) is 19.1 Å². The number of hydrogen-bond acceptors (Lipinski definition) is 5. The predicted octanol–water partition coefficient (Wildman–Crippen LogP) is 3.90. The normalized spacial score (nSPS) is 12.7. The van der Waals surface area contributed by atoms with Crippen molar-refractivity contribution in [2.24, 2.45) is 0 Å². The van der Waals surface area contributed by atoms with Crippen LogP contribution in [0.2, 0.25) is 0 Å². The van der Waals surface area contributed by atoms with Gasteiger partial charge in [0.2, 0.25) is 0 Å². The average Bonchev–Trinajstić information content (AvgIpc) is 3.03. The molecule has 0 amide bonds. The summed E-state index contributed by atoms with van der Waals surface area (Å²) in [5.74, 6) is -0.477. The summed E-state index contributed by atoms with van der Waals surface area (Å²) < 4.78 is 32.1. The van der Waals surface area contributed by atoms with E-state index in [2.05, 4.69) is 15.9 Å². The molecule has 0 fully saturated rings. The first kappa shape index (κ1) is 18.0. The topological polar surface area (TPSA) is 65.4 Å². The summed E-state index contributed by atoms with van der Waals surface area (Å²) >= 11 is 4.39. The molecule has 0 N–H and O–H groups in total. The predicted molar refractivity (Wildman–Crippen MR) is 93.9 cm³/mol. The number of nitrogens with zero attached hydrogens (tertiary/aromatic N) is 1. The maximum atomic E-state index is 12.4. The Kier molecular flexibility index (Phi) is 5.17. The van der Waals surface area contributed by atoms with Gasteiger partial charge in [0.05, 0.1) is 3.79 Å². The molecule has 2 aromatic rings. The molecule has 8 heteroatoms. The molecule has 23 heavy (non-hydrogen) atoms. The summed E-state index contributed by atoms with van der Waals surface area (Å²) in [4.78, 5) is 11.6. The molecule has 0 aromatic carbocycles. The molecule has 124 valence electrons. The molecular formula is C15H16BrNO4S2. The van der Waals surface area contributed by atoms with Crippen molar-refractivity contribution in [1.29, 1.82) is 0 Å². The first-order chi connectivity index (χ1) is 10.6. The molecule has 0 aliphatic carbocycles. The van der Waals surface area contributed by atoms with Gasteiger partial charge in [-0.1, -0.05) is 0 Å². The number of hydrogen-bond donors (Lipinski definition) is 0. The molecule has 0 bridgehead atoms. The summed E-state index contributed by atoms with van der Waals surface area (Å²) in [6.45, 7) is 5.34. The Bertz CT molecular complexity index is 841. The Morgan fingerprint density at radius 2 is 2.00 bits per heavy atom. The summed E-state index contributed by atoms with van der Waals surface area (Å²) in [7, 11) is -3.61. The molecule has 0 aliphatic rings. The Balaban J connectivity index is 2.16. The van der Waals surface area contributed by atoms with E-state index in [1.165, 1.54) is 24.5 Å². The van der Waals surface area contributed by atoms with Crippen molar-refractivity contribution < 1.29 is 17.9 Å². The highest BCUT2D eigenvalue weighted by atomic mass is 79.9. The molecule has 5 nitrogen and oxygen atoms in total. The van der Waals surface area contributed by atoms with Gasteiger partial charge in [-0.3, -0.25) is 0 Å². The first-order valence-electron chi connectivity index (χ1n) is 6.68. The average molecular weight is 418 g/mol. The fraction of sp³-hybridized carbons (Fsp3) is 0.267. The lowest BCUT2D eigenvalue weighted by molar-refractivity contribution is -0.148. The number of halogens is 1. The first-order valence-corrected chi connectivity index (χ1v) is 9.73. The molecule has 2 aromatic heterocycles. The van der Waals surface area contributed by atoms with Crippen LogP contribution in [0.5, 0.6) is 0 Å². The van der Waals surface area contributed by atoms with E-state index in [1.54, 1.807) is 39.0 Å². The Morgan fingerprint density at radius 3 is 2.57 bits per heavy atom. The van der Waals surface area contributed by atoms with E-state index in [9.17, 15) is 13.2 Å². The van der Waals surface area contributed by atoms with E-state index in [4.69, 9.17) is 4.74 Å². The number of ether oxygens (including phenoxy) is 1. The van der Waals surface area contributed by atoms with E-state index >= 15 is 0 Å².